The van der Waals surface area contributed by atoms with Crippen LogP contribution in [-0.4, -0.2) is 24.1 Å². The third-order valence-electron chi connectivity index (χ3n) is 3.39. The maximum absolute atomic E-state index is 12.0. The minimum absolute atomic E-state index is 0.0896. The van der Waals surface area contributed by atoms with Gasteiger partial charge < -0.3 is 10.6 Å². The van der Waals surface area contributed by atoms with Crippen molar-refractivity contribution in [3.63, 3.8) is 0 Å². The lowest BCUT2D eigenvalue weighted by molar-refractivity contribution is -0.122. The largest absolute Gasteiger partial charge is 0.346 e. The van der Waals surface area contributed by atoms with Crippen molar-refractivity contribution in [1.82, 2.24) is 5.32 Å². The monoisotopic (exact) mass is 396 g/mol. The SMILES string of the molecule is CCc1ccccc1NC(=O)CNC(=O)CSc1c(Cl)cccc1Cl. The molecule has 4 nitrogen and oxygen atoms in total. The molecule has 2 aromatic carbocycles. The Hall–Kier alpha value is -1.69. The number of benzene rings is 2. The van der Waals surface area contributed by atoms with E-state index in [9.17, 15) is 9.59 Å². The van der Waals surface area contributed by atoms with Gasteiger partial charge in [0.15, 0.2) is 0 Å². The molecule has 2 amide bonds. The minimum atomic E-state index is -0.268. The second-order valence-corrected chi connectivity index (χ2v) is 6.98. The fourth-order valence-corrected chi connectivity index (χ4v) is 3.65. The number of anilines is 1. The molecule has 7 heteroatoms. The summed E-state index contributed by atoms with van der Waals surface area (Å²) in [6, 6.07) is 12.8. The summed E-state index contributed by atoms with van der Waals surface area (Å²) in [6.45, 7) is 1.93. The first-order valence-corrected chi connectivity index (χ1v) is 9.46. The lowest BCUT2D eigenvalue weighted by Crippen LogP contribution is -2.34. The van der Waals surface area contributed by atoms with E-state index in [1.807, 2.05) is 31.2 Å². The fraction of sp³-hybridized carbons (Fsp3) is 0.222. The van der Waals surface area contributed by atoms with Crippen molar-refractivity contribution in [3.05, 3.63) is 58.1 Å². The molecule has 132 valence electrons. The second kappa shape index (κ2) is 9.70. The molecular formula is C18H18Cl2N2O2S. The van der Waals surface area contributed by atoms with Gasteiger partial charge in [0.05, 0.1) is 22.3 Å². The number of carbonyl (C=O) groups is 2. The normalized spacial score (nSPS) is 10.4. The molecule has 25 heavy (non-hydrogen) atoms. The molecule has 0 aliphatic heterocycles. The Morgan fingerprint density at radius 2 is 1.68 bits per heavy atom. The molecule has 0 spiro atoms. The van der Waals surface area contributed by atoms with Crippen LogP contribution < -0.4 is 10.6 Å². The van der Waals surface area contributed by atoms with Gasteiger partial charge in [-0.3, -0.25) is 9.59 Å². The van der Waals surface area contributed by atoms with E-state index in [1.165, 1.54) is 11.8 Å². The van der Waals surface area contributed by atoms with Crippen molar-refractivity contribution in [2.45, 2.75) is 18.2 Å². The Balaban J connectivity index is 1.80. The molecule has 0 saturated heterocycles. The van der Waals surface area contributed by atoms with Gasteiger partial charge in [-0.2, -0.15) is 0 Å². The van der Waals surface area contributed by atoms with Crippen LogP contribution in [0.5, 0.6) is 0 Å². The van der Waals surface area contributed by atoms with Gasteiger partial charge in [0.1, 0.15) is 0 Å². The number of para-hydroxylation sites is 1. The number of hydrogen-bond donors (Lipinski definition) is 2. The topological polar surface area (TPSA) is 58.2 Å². The number of amides is 2. The van der Waals surface area contributed by atoms with Gasteiger partial charge in [0.2, 0.25) is 11.8 Å². The summed E-state index contributed by atoms with van der Waals surface area (Å²) < 4.78 is 0. The van der Waals surface area contributed by atoms with Crippen LogP contribution in [0.2, 0.25) is 10.0 Å². The van der Waals surface area contributed by atoms with Gasteiger partial charge in [0.25, 0.3) is 0 Å². The van der Waals surface area contributed by atoms with E-state index in [-0.39, 0.29) is 24.1 Å². The number of thioether (sulfide) groups is 1. The quantitative estimate of drug-likeness (QED) is 0.681. The molecule has 0 saturated carbocycles. The summed E-state index contributed by atoms with van der Waals surface area (Å²) in [5.74, 6) is -0.405. The summed E-state index contributed by atoms with van der Waals surface area (Å²) in [5.41, 5.74) is 1.81. The van der Waals surface area contributed by atoms with Crippen LogP contribution in [0.1, 0.15) is 12.5 Å². The van der Waals surface area contributed by atoms with E-state index in [0.717, 1.165) is 17.7 Å². The van der Waals surface area contributed by atoms with Crippen LogP contribution in [0.15, 0.2) is 47.4 Å². The summed E-state index contributed by atoms with van der Waals surface area (Å²) in [5, 5.41) is 6.40. The van der Waals surface area contributed by atoms with E-state index in [2.05, 4.69) is 10.6 Å². The van der Waals surface area contributed by atoms with Crippen molar-refractivity contribution < 1.29 is 9.59 Å². The number of aryl methyl sites for hydroxylation is 1. The number of rotatable bonds is 7. The van der Waals surface area contributed by atoms with Crippen molar-refractivity contribution >= 4 is 52.5 Å². The first-order valence-electron chi connectivity index (χ1n) is 7.72. The Morgan fingerprint density at radius 3 is 2.36 bits per heavy atom. The summed E-state index contributed by atoms with van der Waals surface area (Å²) >= 11 is 13.4. The molecule has 0 bridgehead atoms. The predicted molar refractivity (Wildman–Crippen MR) is 105 cm³/mol. The van der Waals surface area contributed by atoms with Gasteiger partial charge in [-0.25, -0.2) is 0 Å². The van der Waals surface area contributed by atoms with Gasteiger partial charge in [-0.05, 0) is 30.2 Å². The molecule has 0 unspecified atom stereocenters. The molecule has 2 N–H and O–H groups in total. The molecule has 0 atom stereocenters. The first kappa shape index (κ1) is 19.6. The fourth-order valence-electron chi connectivity index (χ4n) is 2.13. The Kier molecular flexibility index (Phi) is 7.62. The molecular weight excluding hydrogens is 379 g/mol. The highest BCUT2D eigenvalue weighted by Crippen LogP contribution is 2.33. The summed E-state index contributed by atoms with van der Waals surface area (Å²) in [7, 11) is 0. The molecule has 0 fully saturated rings. The standard InChI is InChI=1S/C18H18Cl2N2O2S/c1-2-12-6-3-4-9-15(12)22-16(23)10-21-17(24)11-25-18-13(19)7-5-8-14(18)20/h3-9H,2,10-11H2,1H3,(H,21,24)(H,22,23). The third kappa shape index (κ3) is 5.96. The predicted octanol–water partition coefficient (Wildman–Crippen LogP) is 4.40. The lowest BCUT2D eigenvalue weighted by Gasteiger charge is -2.10. The number of halogens is 2. The van der Waals surface area contributed by atoms with E-state index in [0.29, 0.717) is 14.9 Å². The van der Waals surface area contributed by atoms with Crippen LogP contribution >= 0.6 is 35.0 Å². The highest BCUT2D eigenvalue weighted by atomic mass is 35.5. The highest BCUT2D eigenvalue weighted by molar-refractivity contribution is 8.00. The molecule has 2 rings (SSSR count). The Bertz CT molecular complexity index is 748. The van der Waals surface area contributed by atoms with Gasteiger partial charge in [0, 0.05) is 10.6 Å². The first-order chi connectivity index (χ1) is 12.0. The third-order valence-corrected chi connectivity index (χ3v) is 5.37. The van der Waals surface area contributed by atoms with Crippen LogP contribution in [0, 0.1) is 0 Å². The smallest absolute Gasteiger partial charge is 0.243 e. The highest BCUT2D eigenvalue weighted by Gasteiger charge is 2.11. The van der Waals surface area contributed by atoms with Crippen LogP contribution in [0.25, 0.3) is 0 Å². The zero-order chi connectivity index (χ0) is 18.2. The zero-order valence-electron chi connectivity index (χ0n) is 13.6. The molecule has 0 heterocycles. The van der Waals surface area contributed by atoms with Crippen LogP contribution in [-0.2, 0) is 16.0 Å². The number of nitrogens with one attached hydrogen (secondary N) is 2. The van der Waals surface area contributed by atoms with Crippen LogP contribution in [0.4, 0.5) is 5.69 Å². The van der Waals surface area contributed by atoms with Crippen molar-refractivity contribution in [3.8, 4) is 0 Å². The summed E-state index contributed by atoms with van der Waals surface area (Å²) in [6.07, 6.45) is 0.818. The molecule has 0 radical (unpaired) electrons. The average Bonchev–Trinajstić information content (AvgIpc) is 2.60. The van der Waals surface area contributed by atoms with E-state index in [4.69, 9.17) is 23.2 Å². The van der Waals surface area contributed by atoms with Gasteiger partial charge >= 0.3 is 0 Å². The van der Waals surface area contributed by atoms with E-state index < -0.39 is 0 Å². The molecule has 0 aromatic heterocycles. The zero-order valence-corrected chi connectivity index (χ0v) is 16.0. The maximum Gasteiger partial charge on any atom is 0.243 e. The van der Waals surface area contributed by atoms with Crippen molar-refractivity contribution in [2.24, 2.45) is 0 Å². The van der Waals surface area contributed by atoms with E-state index >= 15 is 0 Å². The number of carbonyl (C=O) groups excluding carboxylic acids is 2. The van der Waals surface area contributed by atoms with Crippen molar-refractivity contribution in [2.75, 3.05) is 17.6 Å². The number of hydrogen-bond acceptors (Lipinski definition) is 3. The van der Waals surface area contributed by atoms with Crippen LogP contribution in [0.3, 0.4) is 0 Å². The maximum atomic E-state index is 12.0. The van der Waals surface area contributed by atoms with E-state index in [1.54, 1.807) is 18.2 Å². The molecule has 0 aliphatic rings. The Labute approximate surface area is 161 Å². The summed E-state index contributed by atoms with van der Waals surface area (Å²) in [4.78, 5) is 24.6. The lowest BCUT2D eigenvalue weighted by atomic mass is 10.1. The molecule has 2 aromatic rings. The van der Waals surface area contributed by atoms with Gasteiger partial charge in [-0.15, -0.1) is 11.8 Å². The molecule has 0 aliphatic carbocycles. The van der Waals surface area contributed by atoms with Crippen molar-refractivity contribution in [1.29, 1.82) is 0 Å². The average molecular weight is 397 g/mol. The second-order valence-electron chi connectivity index (χ2n) is 5.18. The Morgan fingerprint density at radius 1 is 1.00 bits per heavy atom. The minimum Gasteiger partial charge on any atom is -0.346 e. The van der Waals surface area contributed by atoms with Gasteiger partial charge in [-0.1, -0.05) is 54.4 Å².